The van der Waals surface area contributed by atoms with Crippen molar-refractivity contribution in [2.75, 3.05) is 34.8 Å². The average Bonchev–Trinajstić information content (AvgIpc) is 3.11. The molecule has 1 N–H and O–H groups in total. The third-order valence-corrected chi connectivity index (χ3v) is 6.15. The van der Waals surface area contributed by atoms with Gasteiger partial charge in [0.05, 0.1) is 0 Å². The van der Waals surface area contributed by atoms with Crippen molar-refractivity contribution in [2.45, 2.75) is 33.1 Å². The van der Waals surface area contributed by atoms with Crippen molar-refractivity contribution >= 4 is 28.9 Å². The smallest absolute Gasteiger partial charge is 0.239 e. The predicted octanol–water partition coefficient (Wildman–Crippen LogP) is 4.22. The summed E-state index contributed by atoms with van der Waals surface area (Å²) >= 11 is 0. The standard InChI is InChI=1S/C24H29N3O2/c1-17-3-7-21(8-4-17)27-16-13-22(24(27)29)23(28)25-19-5-9-20(10-6-19)26-14-11-18(2)12-15-26/h3-10,18,22H,11-16H2,1-2H3,(H,25,28). The van der Waals surface area contributed by atoms with Crippen LogP contribution in [0, 0.1) is 18.8 Å². The van der Waals surface area contributed by atoms with Gasteiger partial charge in [-0.3, -0.25) is 9.59 Å². The highest BCUT2D eigenvalue weighted by Gasteiger charge is 2.37. The highest BCUT2D eigenvalue weighted by atomic mass is 16.2. The van der Waals surface area contributed by atoms with Crippen LogP contribution in [0.4, 0.5) is 17.1 Å². The Hall–Kier alpha value is -2.82. The first-order valence-corrected chi connectivity index (χ1v) is 10.5. The monoisotopic (exact) mass is 391 g/mol. The molecule has 2 aliphatic heterocycles. The van der Waals surface area contributed by atoms with Crippen molar-refractivity contribution in [1.29, 1.82) is 0 Å². The first-order chi connectivity index (χ1) is 14.0. The van der Waals surface area contributed by atoms with E-state index in [-0.39, 0.29) is 11.8 Å². The average molecular weight is 392 g/mol. The second-order valence-electron chi connectivity index (χ2n) is 8.37. The van der Waals surface area contributed by atoms with Crippen LogP contribution in [-0.2, 0) is 9.59 Å². The Bertz CT molecular complexity index is 868. The zero-order chi connectivity index (χ0) is 20.4. The number of anilines is 3. The third kappa shape index (κ3) is 4.29. The molecule has 0 aliphatic carbocycles. The van der Waals surface area contributed by atoms with Crippen LogP contribution in [-0.4, -0.2) is 31.4 Å². The molecule has 2 aliphatic rings. The maximum absolute atomic E-state index is 12.8. The Morgan fingerprint density at radius 2 is 1.52 bits per heavy atom. The third-order valence-electron chi connectivity index (χ3n) is 6.15. The van der Waals surface area contributed by atoms with Crippen molar-refractivity contribution in [3.8, 4) is 0 Å². The van der Waals surface area contributed by atoms with Crippen LogP contribution in [0.2, 0.25) is 0 Å². The molecular weight excluding hydrogens is 362 g/mol. The van der Waals surface area contributed by atoms with E-state index < -0.39 is 5.92 Å². The minimum absolute atomic E-state index is 0.120. The maximum Gasteiger partial charge on any atom is 0.239 e. The number of benzene rings is 2. The molecule has 2 heterocycles. The lowest BCUT2D eigenvalue weighted by molar-refractivity contribution is -0.129. The predicted molar refractivity (Wildman–Crippen MR) is 117 cm³/mol. The molecule has 0 saturated carbocycles. The largest absolute Gasteiger partial charge is 0.372 e. The summed E-state index contributed by atoms with van der Waals surface area (Å²) in [5, 5.41) is 2.93. The fraction of sp³-hybridized carbons (Fsp3) is 0.417. The van der Waals surface area contributed by atoms with E-state index in [1.807, 2.05) is 43.3 Å². The summed E-state index contributed by atoms with van der Waals surface area (Å²) in [5.74, 6) is -0.164. The summed E-state index contributed by atoms with van der Waals surface area (Å²) < 4.78 is 0. The molecule has 4 rings (SSSR count). The first kappa shape index (κ1) is 19.5. The normalized spacial score (nSPS) is 20.2. The van der Waals surface area contributed by atoms with Gasteiger partial charge in [-0.05, 0) is 68.5 Å². The molecule has 1 unspecified atom stereocenters. The Balaban J connectivity index is 1.37. The SMILES string of the molecule is Cc1ccc(N2CCC(C(=O)Nc3ccc(N4CCC(C)CC4)cc3)C2=O)cc1. The van der Waals surface area contributed by atoms with Crippen molar-refractivity contribution in [2.24, 2.45) is 11.8 Å². The number of nitrogens with zero attached hydrogens (tertiary/aromatic N) is 2. The van der Waals surface area contributed by atoms with E-state index in [0.717, 1.165) is 35.9 Å². The molecule has 1 atom stereocenters. The zero-order valence-electron chi connectivity index (χ0n) is 17.2. The number of rotatable bonds is 4. The van der Waals surface area contributed by atoms with Crippen LogP contribution in [0.3, 0.4) is 0 Å². The lowest BCUT2D eigenvalue weighted by Gasteiger charge is -2.32. The molecule has 0 aromatic heterocycles. The van der Waals surface area contributed by atoms with Crippen molar-refractivity contribution < 1.29 is 9.59 Å². The second kappa shape index (κ2) is 8.27. The van der Waals surface area contributed by atoms with E-state index in [2.05, 4.69) is 29.3 Å². The topological polar surface area (TPSA) is 52.7 Å². The molecule has 0 bridgehead atoms. The quantitative estimate of drug-likeness (QED) is 0.794. The van der Waals surface area contributed by atoms with Crippen LogP contribution in [0.15, 0.2) is 48.5 Å². The number of hydrogen-bond donors (Lipinski definition) is 1. The van der Waals surface area contributed by atoms with Gasteiger partial charge >= 0.3 is 0 Å². The van der Waals surface area contributed by atoms with Crippen LogP contribution in [0.25, 0.3) is 0 Å². The molecule has 5 heteroatoms. The summed E-state index contributed by atoms with van der Waals surface area (Å²) in [6.07, 6.45) is 2.99. The van der Waals surface area contributed by atoms with Crippen LogP contribution in [0.1, 0.15) is 31.7 Å². The first-order valence-electron chi connectivity index (χ1n) is 10.5. The van der Waals surface area contributed by atoms with Gasteiger partial charge in [0.1, 0.15) is 5.92 Å². The maximum atomic E-state index is 12.8. The number of piperidine rings is 1. The fourth-order valence-electron chi connectivity index (χ4n) is 4.16. The Kier molecular flexibility index (Phi) is 5.56. The molecule has 2 aromatic carbocycles. The van der Waals surface area contributed by atoms with Gasteiger partial charge in [-0.2, -0.15) is 0 Å². The number of carbonyl (C=O) groups excluding carboxylic acids is 2. The van der Waals surface area contributed by atoms with Gasteiger partial charge in [0.25, 0.3) is 0 Å². The van der Waals surface area contributed by atoms with Gasteiger partial charge in [-0.1, -0.05) is 24.6 Å². The molecule has 2 saturated heterocycles. The minimum Gasteiger partial charge on any atom is -0.372 e. The number of hydrogen-bond acceptors (Lipinski definition) is 3. The van der Waals surface area contributed by atoms with E-state index in [9.17, 15) is 9.59 Å². The molecule has 2 amide bonds. The number of amides is 2. The van der Waals surface area contributed by atoms with Gasteiger partial charge in [-0.15, -0.1) is 0 Å². The van der Waals surface area contributed by atoms with Gasteiger partial charge in [0.15, 0.2) is 0 Å². The van der Waals surface area contributed by atoms with Crippen LogP contribution >= 0.6 is 0 Å². The lowest BCUT2D eigenvalue weighted by Crippen LogP contribution is -2.33. The molecule has 0 spiro atoms. The zero-order valence-corrected chi connectivity index (χ0v) is 17.2. The van der Waals surface area contributed by atoms with Gasteiger partial charge < -0.3 is 15.1 Å². The summed E-state index contributed by atoms with van der Waals surface area (Å²) in [6.45, 7) is 7.06. The van der Waals surface area contributed by atoms with Gasteiger partial charge in [-0.25, -0.2) is 0 Å². The molecule has 29 heavy (non-hydrogen) atoms. The second-order valence-corrected chi connectivity index (χ2v) is 8.37. The van der Waals surface area contributed by atoms with E-state index in [1.165, 1.54) is 18.5 Å². The van der Waals surface area contributed by atoms with Crippen molar-refractivity contribution in [1.82, 2.24) is 0 Å². The molecule has 152 valence electrons. The highest BCUT2D eigenvalue weighted by molar-refractivity contribution is 6.13. The molecule has 5 nitrogen and oxygen atoms in total. The van der Waals surface area contributed by atoms with Crippen LogP contribution < -0.4 is 15.1 Å². The Morgan fingerprint density at radius 3 is 2.17 bits per heavy atom. The molecule has 2 aromatic rings. The van der Waals surface area contributed by atoms with E-state index in [4.69, 9.17) is 0 Å². The summed E-state index contributed by atoms with van der Waals surface area (Å²) in [4.78, 5) is 29.6. The molecule has 2 fully saturated rings. The van der Waals surface area contributed by atoms with E-state index >= 15 is 0 Å². The summed E-state index contributed by atoms with van der Waals surface area (Å²) in [7, 11) is 0. The lowest BCUT2D eigenvalue weighted by atomic mass is 9.99. The fourth-order valence-corrected chi connectivity index (χ4v) is 4.16. The van der Waals surface area contributed by atoms with Crippen molar-refractivity contribution in [3.63, 3.8) is 0 Å². The minimum atomic E-state index is -0.625. The number of nitrogens with one attached hydrogen (secondary N) is 1. The van der Waals surface area contributed by atoms with Gasteiger partial charge in [0.2, 0.25) is 11.8 Å². The number of aryl methyl sites for hydroxylation is 1. The summed E-state index contributed by atoms with van der Waals surface area (Å²) in [5.41, 5.74) is 3.94. The molecular formula is C24H29N3O2. The van der Waals surface area contributed by atoms with E-state index in [0.29, 0.717) is 13.0 Å². The Morgan fingerprint density at radius 1 is 0.897 bits per heavy atom. The van der Waals surface area contributed by atoms with E-state index in [1.54, 1.807) is 4.90 Å². The Labute approximate surface area is 172 Å². The van der Waals surface area contributed by atoms with Crippen LogP contribution in [0.5, 0.6) is 0 Å². The van der Waals surface area contributed by atoms with Gasteiger partial charge in [0, 0.05) is 36.7 Å². The number of carbonyl (C=O) groups is 2. The van der Waals surface area contributed by atoms with Crippen molar-refractivity contribution in [3.05, 3.63) is 54.1 Å². The highest BCUT2D eigenvalue weighted by Crippen LogP contribution is 2.28. The summed E-state index contributed by atoms with van der Waals surface area (Å²) in [6, 6.07) is 15.8. The molecule has 0 radical (unpaired) electrons.